The van der Waals surface area contributed by atoms with Crippen LogP contribution in [0.4, 0.5) is 24.5 Å². The number of alkyl halides is 3. The number of nitrogens with zero attached hydrogens (tertiary/aromatic N) is 1. The van der Waals surface area contributed by atoms with Crippen LogP contribution in [0.1, 0.15) is 24.2 Å². The molecule has 0 fully saturated rings. The van der Waals surface area contributed by atoms with Crippen molar-refractivity contribution < 1.29 is 22.7 Å². The molecule has 8 heteroatoms. The van der Waals surface area contributed by atoms with E-state index < -0.39 is 6.36 Å². The average Bonchev–Trinajstić information content (AvgIpc) is 2.66. The number of hydrogen-bond donors (Lipinski definition) is 2. The lowest BCUT2D eigenvalue weighted by atomic mass is 10.1. The van der Waals surface area contributed by atoms with Gasteiger partial charge in [-0.05, 0) is 49.5 Å². The van der Waals surface area contributed by atoms with E-state index in [9.17, 15) is 18.0 Å². The zero-order chi connectivity index (χ0) is 20.6. The molecular formula is C20H24F3N3O2. The first-order valence-electron chi connectivity index (χ1n) is 9.04. The molecule has 0 bridgehead atoms. The Morgan fingerprint density at radius 2 is 1.68 bits per heavy atom. The highest BCUT2D eigenvalue weighted by molar-refractivity contribution is 6.08. The van der Waals surface area contributed by atoms with Crippen molar-refractivity contribution in [1.29, 1.82) is 0 Å². The Balaban J connectivity index is 2.00. The number of carbonyl (C=O) groups excluding carboxylic acids is 1. The Bertz CT molecular complexity index is 760. The van der Waals surface area contributed by atoms with Gasteiger partial charge in [0.25, 0.3) is 5.91 Å². The molecule has 2 aromatic rings. The monoisotopic (exact) mass is 395 g/mol. The summed E-state index contributed by atoms with van der Waals surface area (Å²) in [5.41, 5.74) is 1.53. The number of likely N-dealkylation sites (N-methyl/N-ethyl adjacent to an activating group) is 1. The molecule has 0 aliphatic heterocycles. The van der Waals surface area contributed by atoms with Crippen LogP contribution in [-0.2, 0) is 0 Å². The van der Waals surface area contributed by atoms with E-state index in [4.69, 9.17) is 0 Å². The van der Waals surface area contributed by atoms with Crippen molar-refractivity contribution in [3.8, 4) is 5.75 Å². The standard InChI is InChI=1S/C20H24F3N3O2/c1-3-26(4-2)14-13-24-18-8-6-5-7-17(18)19(27)25-15-9-11-16(12-10-15)28-20(21,22)23/h5-12,24H,3-4,13-14H2,1-2H3,(H,25,27). The van der Waals surface area contributed by atoms with Gasteiger partial charge in [0.05, 0.1) is 5.56 Å². The average molecular weight is 395 g/mol. The molecule has 0 aliphatic rings. The number of ether oxygens (including phenoxy) is 1. The fraction of sp³-hybridized carbons (Fsp3) is 0.350. The third kappa shape index (κ3) is 6.77. The summed E-state index contributed by atoms with van der Waals surface area (Å²) in [4.78, 5) is 14.8. The van der Waals surface area contributed by atoms with E-state index in [2.05, 4.69) is 34.1 Å². The maximum Gasteiger partial charge on any atom is 0.573 e. The molecule has 2 aromatic carbocycles. The van der Waals surface area contributed by atoms with E-state index in [1.165, 1.54) is 12.1 Å². The molecule has 0 saturated heterocycles. The number of carbonyl (C=O) groups is 1. The van der Waals surface area contributed by atoms with E-state index in [0.717, 1.165) is 31.8 Å². The maximum absolute atomic E-state index is 12.6. The minimum Gasteiger partial charge on any atom is -0.406 e. The normalized spacial score (nSPS) is 11.4. The van der Waals surface area contributed by atoms with Gasteiger partial charge in [-0.25, -0.2) is 0 Å². The Kier molecular flexibility index (Phi) is 7.69. The third-order valence-electron chi connectivity index (χ3n) is 4.16. The van der Waals surface area contributed by atoms with Crippen molar-refractivity contribution in [3.63, 3.8) is 0 Å². The second-order valence-electron chi connectivity index (χ2n) is 6.03. The number of amides is 1. The zero-order valence-electron chi connectivity index (χ0n) is 15.8. The molecule has 0 unspecified atom stereocenters. The summed E-state index contributed by atoms with van der Waals surface area (Å²) in [6.07, 6.45) is -4.75. The maximum atomic E-state index is 12.6. The Hall–Kier alpha value is -2.74. The molecule has 28 heavy (non-hydrogen) atoms. The molecule has 1 amide bonds. The first-order valence-corrected chi connectivity index (χ1v) is 9.04. The first-order chi connectivity index (χ1) is 13.3. The highest BCUT2D eigenvalue weighted by atomic mass is 19.4. The minimum absolute atomic E-state index is 0.344. The number of halogens is 3. The second-order valence-corrected chi connectivity index (χ2v) is 6.03. The Morgan fingerprint density at radius 1 is 1.04 bits per heavy atom. The van der Waals surface area contributed by atoms with Gasteiger partial charge in [0.1, 0.15) is 5.75 Å². The number of benzene rings is 2. The number of hydrogen-bond acceptors (Lipinski definition) is 4. The molecule has 0 heterocycles. The predicted molar refractivity (Wildman–Crippen MR) is 104 cm³/mol. The molecule has 0 aliphatic carbocycles. The lowest BCUT2D eigenvalue weighted by molar-refractivity contribution is -0.274. The molecule has 2 rings (SSSR count). The molecule has 0 radical (unpaired) electrons. The van der Waals surface area contributed by atoms with Crippen molar-refractivity contribution >= 4 is 17.3 Å². The molecule has 0 spiro atoms. The van der Waals surface area contributed by atoms with Gasteiger partial charge in [0.2, 0.25) is 0 Å². The van der Waals surface area contributed by atoms with Gasteiger partial charge in [-0.2, -0.15) is 0 Å². The van der Waals surface area contributed by atoms with E-state index >= 15 is 0 Å². The lowest BCUT2D eigenvalue weighted by Crippen LogP contribution is -2.29. The molecule has 5 nitrogen and oxygen atoms in total. The quantitative estimate of drug-likeness (QED) is 0.652. The van der Waals surface area contributed by atoms with Crippen LogP contribution < -0.4 is 15.4 Å². The van der Waals surface area contributed by atoms with Crippen LogP contribution in [0, 0.1) is 0 Å². The van der Waals surface area contributed by atoms with Gasteiger partial charge in [-0.15, -0.1) is 13.2 Å². The molecule has 152 valence electrons. The highest BCUT2D eigenvalue weighted by Crippen LogP contribution is 2.24. The van der Waals surface area contributed by atoms with E-state index in [1.807, 2.05) is 12.1 Å². The number of anilines is 2. The van der Waals surface area contributed by atoms with E-state index in [1.54, 1.807) is 12.1 Å². The van der Waals surface area contributed by atoms with Crippen molar-refractivity contribution in [3.05, 3.63) is 54.1 Å². The van der Waals surface area contributed by atoms with Crippen molar-refractivity contribution in [2.24, 2.45) is 0 Å². The summed E-state index contributed by atoms with van der Waals surface area (Å²) >= 11 is 0. The molecule has 0 atom stereocenters. The highest BCUT2D eigenvalue weighted by Gasteiger charge is 2.31. The molecule has 0 aromatic heterocycles. The lowest BCUT2D eigenvalue weighted by Gasteiger charge is -2.19. The van der Waals surface area contributed by atoms with Gasteiger partial charge in [-0.3, -0.25) is 4.79 Å². The van der Waals surface area contributed by atoms with Crippen LogP contribution in [0.3, 0.4) is 0 Å². The van der Waals surface area contributed by atoms with Gasteiger partial charge in [0, 0.05) is 24.5 Å². The van der Waals surface area contributed by atoms with Crippen LogP contribution in [0.2, 0.25) is 0 Å². The predicted octanol–water partition coefficient (Wildman–Crippen LogP) is 4.59. The van der Waals surface area contributed by atoms with Crippen LogP contribution in [0.5, 0.6) is 5.75 Å². The summed E-state index contributed by atoms with van der Waals surface area (Å²) in [5.74, 6) is -0.695. The fourth-order valence-electron chi connectivity index (χ4n) is 2.66. The first kappa shape index (κ1) is 21.6. The van der Waals surface area contributed by atoms with Crippen molar-refractivity contribution in [1.82, 2.24) is 4.90 Å². The Morgan fingerprint density at radius 3 is 2.29 bits per heavy atom. The minimum atomic E-state index is -4.75. The van der Waals surface area contributed by atoms with Crippen LogP contribution in [0.15, 0.2) is 48.5 Å². The second kappa shape index (κ2) is 9.98. The van der Waals surface area contributed by atoms with Crippen molar-refractivity contribution in [2.75, 3.05) is 36.8 Å². The smallest absolute Gasteiger partial charge is 0.406 e. The summed E-state index contributed by atoms with van der Waals surface area (Å²) < 4.78 is 40.5. The summed E-state index contributed by atoms with van der Waals surface area (Å²) in [5, 5.41) is 5.95. The number of para-hydroxylation sites is 1. The van der Waals surface area contributed by atoms with Crippen LogP contribution in [-0.4, -0.2) is 43.3 Å². The topological polar surface area (TPSA) is 53.6 Å². The third-order valence-corrected chi connectivity index (χ3v) is 4.16. The van der Waals surface area contributed by atoms with Crippen LogP contribution in [0.25, 0.3) is 0 Å². The van der Waals surface area contributed by atoms with Crippen LogP contribution >= 0.6 is 0 Å². The van der Waals surface area contributed by atoms with E-state index in [0.29, 0.717) is 23.5 Å². The number of nitrogens with one attached hydrogen (secondary N) is 2. The van der Waals surface area contributed by atoms with Gasteiger partial charge >= 0.3 is 6.36 Å². The fourth-order valence-corrected chi connectivity index (χ4v) is 2.66. The molecule has 2 N–H and O–H groups in total. The molecule has 0 saturated carbocycles. The van der Waals surface area contributed by atoms with Gasteiger partial charge in [0.15, 0.2) is 0 Å². The summed E-state index contributed by atoms with van der Waals surface area (Å²) in [6, 6.07) is 12.1. The SMILES string of the molecule is CCN(CC)CCNc1ccccc1C(=O)Nc1ccc(OC(F)(F)F)cc1. The summed E-state index contributed by atoms with van der Waals surface area (Å²) in [7, 11) is 0. The van der Waals surface area contributed by atoms with E-state index in [-0.39, 0.29) is 11.7 Å². The Labute approximate surface area is 162 Å². The van der Waals surface area contributed by atoms with Gasteiger partial charge in [-0.1, -0.05) is 26.0 Å². The summed E-state index contributed by atoms with van der Waals surface area (Å²) in [6.45, 7) is 7.63. The van der Waals surface area contributed by atoms with Crippen molar-refractivity contribution in [2.45, 2.75) is 20.2 Å². The molecular weight excluding hydrogens is 371 g/mol. The number of rotatable bonds is 9. The largest absolute Gasteiger partial charge is 0.573 e. The zero-order valence-corrected chi connectivity index (χ0v) is 15.8. The van der Waals surface area contributed by atoms with Gasteiger partial charge < -0.3 is 20.3 Å².